The zero-order valence-corrected chi connectivity index (χ0v) is 13.5. The number of rotatable bonds is 8. The maximum atomic E-state index is 12.3. The highest BCUT2D eigenvalue weighted by Crippen LogP contribution is 2.19. The second kappa shape index (κ2) is 8.60. The maximum absolute atomic E-state index is 12.3. The number of nitrogens with two attached hydrogens (primary N) is 2. The number of likely N-dealkylation sites (tertiary alicyclic amines) is 1. The van der Waals surface area contributed by atoms with Gasteiger partial charge in [0, 0.05) is 13.0 Å². The predicted molar refractivity (Wildman–Crippen MR) is 82.4 cm³/mol. The summed E-state index contributed by atoms with van der Waals surface area (Å²) in [5.74, 6) is -3.09. The lowest BCUT2D eigenvalue weighted by molar-refractivity contribution is -0.146. The summed E-state index contributed by atoms with van der Waals surface area (Å²) in [6.45, 7) is 1.56. The number of amides is 3. The summed E-state index contributed by atoms with van der Waals surface area (Å²) in [7, 11) is 0. The third-order valence-electron chi connectivity index (χ3n) is 3.90. The molecule has 1 heterocycles. The van der Waals surface area contributed by atoms with Crippen molar-refractivity contribution in [3.63, 3.8) is 0 Å². The van der Waals surface area contributed by atoms with Crippen LogP contribution in [0.2, 0.25) is 0 Å². The zero-order valence-electron chi connectivity index (χ0n) is 13.5. The number of primary amides is 1. The van der Waals surface area contributed by atoms with Crippen molar-refractivity contribution in [2.75, 3.05) is 6.54 Å². The summed E-state index contributed by atoms with van der Waals surface area (Å²) in [5, 5.41) is 20.7. The van der Waals surface area contributed by atoms with Crippen LogP contribution in [0.25, 0.3) is 0 Å². The number of nitrogens with one attached hydrogen (secondary N) is 1. The summed E-state index contributed by atoms with van der Waals surface area (Å²) in [6.07, 6.45) is -0.314. The molecule has 24 heavy (non-hydrogen) atoms. The molecule has 10 heteroatoms. The molecule has 4 atom stereocenters. The molecule has 0 bridgehead atoms. The van der Waals surface area contributed by atoms with E-state index >= 15 is 0 Å². The van der Waals surface area contributed by atoms with E-state index in [9.17, 15) is 24.3 Å². The Balaban J connectivity index is 2.73. The molecule has 136 valence electrons. The predicted octanol–water partition coefficient (Wildman–Crippen LogP) is -2.48. The van der Waals surface area contributed by atoms with Crippen LogP contribution in [0.15, 0.2) is 0 Å². The van der Waals surface area contributed by atoms with Crippen LogP contribution in [0.1, 0.15) is 32.6 Å². The van der Waals surface area contributed by atoms with E-state index in [0.29, 0.717) is 19.4 Å². The van der Waals surface area contributed by atoms with Crippen LogP contribution < -0.4 is 16.8 Å². The Kier molecular flexibility index (Phi) is 7.11. The van der Waals surface area contributed by atoms with Crippen LogP contribution in [-0.2, 0) is 19.2 Å². The second-order valence-electron chi connectivity index (χ2n) is 5.87. The molecule has 1 fully saturated rings. The molecular formula is C14H24N4O6. The molecule has 4 unspecified atom stereocenters. The van der Waals surface area contributed by atoms with Crippen molar-refractivity contribution < 1.29 is 29.4 Å². The summed E-state index contributed by atoms with van der Waals surface area (Å²) >= 11 is 0. The van der Waals surface area contributed by atoms with Crippen molar-refractivity contribution in [3.8, 4) is 0 Å². The first-order chi connectivity index (χ1) is 11.1. The average Bonchev–Trinajstić information content (AvgIpc) is 2.97. The fourth-order valence-electron chi connectivity index (χ4n) is 2.58. The first-order valence-corrected chi connectivity index (χ1v) is 7.70. The summed E-state index contributed by atoms with van der Waals surface area (Å²) in [4.78, 5) is 47.7. The van der Waals surface area contributed by atoms with Crippen LogP contribution in [0.4, 0.5) is 0 Å². The number of carbonyl (C=O) groups is 4. The minimum absolute atomic E-state index is 0.0409. The van der Waals surface area contributed by atoms with Gasteiger partial charge in [-0.3, -0.25) is 14.4 Å². The molecule has 0 aliphatic carbocycles. The van der Waals surface area contributed by atoms with Crippen molar-refractivity contribution in [2.24, 2.45) is 11.5 Å². The van der Waals surface area contributed by atoms with Gasteiger partial charge in [0.25, 0.3) is 0 Å². The lowest BCUT2D eigenvalue weighted by atomic mass is 10.1. The number of carboxylic acids is 1. The standard InChI is InChI=1S/C14H24N4O6/c1-7(19)11(14(23)24)17-12(21)9-3-2-6-18(9)13(22)8(15)4-5-10(16)20/h7-9,11,19H,2-6,15H2,1H3,(H2,16,20)(H,17,21)(H,23,24). The number of aliphatic hydroxyl groups is 1. The van der Waals surface area contributed by atoms with Gasteiger partial charge in [-0.15, -0.1) is 0 Å². The van der Waals surface area contributed by atoms with E-state index in [4.69, 9.17) is 16.6 Å². The molecule has 0 aromatic heterocycles. The fraction of sp³-hybridized carbons (Fsp3) is 0.714. The monoisotopic (exact) mass is 344 g/mol. The average molecular weight is 344 g/mol. The minimum atomic E-state index is -1.46. The molecular weight excluding hydrogens is 320 g/mol. The Morgan fingerprint density at radius 2 is 1.96 bits per heavy atom. The molecule has 1 aliphatic rings. The van der Waals surface area contributed by atoms with Gasteiger partial charge in [0.1, 0.15) is 6.04 Å². The maximum Gasteiger partial charge on any atom is 0.328 e. The topological polar surface area (TPSA) is 176 Å². The number of hydrogen-bond donors (Lipinski definition) is 5. The lowest BCUT2D eigenvalue weighted by Gasteiger charge is -2.28. The van der Waals surface area contributed by atoms with Crippen molar-refractivity contribution in [2.45, 2.75) is 56.8 Å². The van der Waals surface area contributed by atoms with Crippen LogP contribution in [0.3, 0.4) is 0 Å². The first kappa shape index (κ1) is 19.8. The molecule has 7 N–H and O–H groups in total. The molecule has 3 amide bonds. The highest BCUT2D eigenvalue weighted by Gasteiger charge is 2.38. The normalized spacial score (nSPS) is 21.0. The van der Waals surface area contributed by atoms with Crippen molar-refractivity contribution >= 4 is 23.7 Å². The molecule has 0 radical (unpaired) electrons. The van der Waals surface area contributed by atoms with E-state index in [1.807, 2.05) is 0 Å². The van der Waals surface area contributed by atoms with E-state index in [1.165, 1.54) is 11.8 Å². The van der Waals surface area contributed by atoms with Crippen LogP contribution in [-0.4, -0.2) is 69.6 Å². The van der Waals surface area contributed by atoms with E-state index < -0.39 is 47.9 Å². The molecule has 0 saturated carbocycles. The summed E-state index contributed by atoms with van der Waals surface area (Å²) in [5.41, 5.74) is 10.8. The van der Waals surface area contributed by atoms with Crippen LogP contribution in [0.5, 0.6) is 0 Å². The molecule has 0 aromatic rings. The fourth-order valence-corrected chi connectivity index (χ4v) is 2.58. The number of carbonyl (C=O) groups excluding carboxylic acids is 3. The number of aliphatic carboxylic acids is 1. The third kappa shape index (κ3) is 5.17. The van der Waals surface area contributed by atoms with Gasteiger partial charge in [-0.05, 0) is 26.2 Å². The van der Waals surface area contributed by atoms with Crippen molar-refractivity contribution in [1.29, 1.82) is 0 Å². The Bertz CT molecular complexity index is 509. The van der Waals surface area contributed by atoms with Gasteiger partial charge in [-0.2, -0.15) is 0 Å². The van der Waals surface area contributed by atoms with E-state index in [-0.39, 0.29) is 12.8 Å². The molecule has 1 rings (SSSR count). The third-order valence-corrected chi connectivity index (χ3v) is 3.90. The van der Waals surface area contributed by atoms with Crippen LogP contribution >= 0.6 is 0 Å². The Morgan fingerprint density at radius 1 is 1.33 bits per heavy atom. The quantitative estimate of drug-likeness (QED) is 0.324. The highest BCUT2D eigenvalue weighted by molar-refractivity contribution is 5.92. The van der Waals surface area contributed by atoms with Crippen molar-refractivity contribution in [1.82, 2.24) is 10.2 Å². The van der Waals surface area contributed by atoms with Gasteiger partial charge in [0.05, 0.1) is 12.1 Å². The highest BCUT2D eigenvalue weighted by atomic mass is 16.4. The van der Waals surface area contributed by atoms with Gasteiger partial charge in [-0.25, -0.2) is 4.79 Å². The molecule has 1 saturated heterocycles. The molecule has 10 nitrogen and oxygen atoms in total. The largest absolute Gasteiger partial charge is 0.480 e. The Hall–Kier alpha value is -2.20. The lowest BCUT2D eigenvalue weighted by Crippen LogP contribution is -2.56. The van der Waals surface area contributed by atoms with Gasteiger partial charge in [0.2, 0.25) is 17.7 Å². The Morgan fingerprint density at radius 3 is 2.46 bits per heavy atom. The Labute approximate surface area is 139 Å². The minimum Gasteiger partial charge on any atom is -0.480 e. The zero-order chi connectivity index (χ0) is 18.4. The molecule has 0 spiro atoms. The number of aliphatic hydroxyl groups excluding tert-OH is 1. The molecule has 0 aromatic carbocycles. The van der Waals surface area contributed by atoms with Crippen LogP contribution in [0, 0.1) is 0 Å². The summed E-state index contributed by atoms with van der Waals surface area (Å²) in [6, 6.07) is -3.27. The molecule has 1 aliphatic heterocycles. The SMILES string of the molecule is CC(O)C(NC(=O)C1CCCN1C(=O)C(N)CCC(N)=O)C(=O)O. The van der Waals surface area contributed by atoms with Gasteiger partial charge < -0.3 is 31.9 Å². The summed E-state index contributed by atoms with van der Waals surface area (Å²) < 4.78 is 0. The number of hydrogen-bond acceptors (Lipinski definition) is 6. The van der Waals surface area contributed by atoms with Gasteiger partial charge in [0.15, 0.2) is 6.04 Å². The second-order valence-corrected chi connectivity index (χ2v) is 5.87. The van der Waals surface area contributed by atoms with Crippen molar-refractivity contribution in [3.05, 3.63) is 0 Å². The number of nitrogens with zero attached hydrogens (tertiary/aromatic N) is 1. The first-order valence-electron chi connectivity index (χ1n) is 7.70. The van der Waals surface area contributed by atoms with Gasteiger partial charge >= 0.3 is 5.97 Å². The number of carboxylic acid groups (broad SMARTS) is 1. The van der Waals surface area contributed by atoms with Gasteiger partial charge in [-0.1, -0.05) is 0 Å². The van der Waals surface area contributed by atoms with E-state index in [0.717, 1.165) is 0 Å². The van der Waals surface area contributed by atoms with E-state index in [1.54, 1.807) is 0 Å². The smallest absolute Gasteiger partial charge is 0.328 e. The van der Waals surface area contributed by atoms with E-state index in [2.05, 4.69) is 5.32 Å².